The Morgan fingerprint density at radius 1 is 0.929 bits per heavy atom. The molecule has 220 valence electrons. The number of sulfone groups is 1. The van der Waals surface area contributed by atoms with E-state index in [1.54, 1.807) is 24.3 Å². The first-order valence-corrected chi connectivity index (χ1v) is 15.9. The molecule has 11 heteroatoms. The van der Waals surface area contributed by atoms with Gasteiger partial charge in [0.25, 0.3) is 0 Å². The summed E-state index contributed by atoms with van der Waals surface area (Å²) in [6, 6.07) is 24.3. The van der Waals surface area contributed by atoms with Gasteiger partial charge in [0.1, 0.15) is 30.8 Å². The molecule has 0 spiro atoms. The van der Waals surface area contributed by atoms with Crippen molar-refractivity contribution in [3.05, 3.63) is 111 Å². The Balaban J connectivity index is 1.59. The molecule has 0 aromatic heterocycles. The summed E-state index contributed by atoms with van der Waals surface area (Å²) >= 11 is 10.3. The Morgan fingerprint density at radius 3 is 2.33 bits per heavy atom. The Hall–Kier alpha value is -3.41. The smallest absolute Gasteiger partial charge is 0.323 e. The molecule has 0 saturated carbocycles. The minimum absolute atomic E-state index is 0.0287. The molecule has 0 heterocycles. The summed E-state index contributed by atoms with van der Waals surface area (Å²) in [6.07, 6.45) is 1.13. The molecular formula is C31H29BrClNO7S. The van der Waals surface area contributed by atoms with Crippen molar-refractivity contribution in [2.45, 2.75) is 30.7 Å². The fourth-order valence-electron chi connectivity index (χ4n) is 4.14. The molecule has 1 atom stereocenters. The molecule has 0 aliphatic carbocycles. The van der Waals surface area contributed by atoms with Gasteiger partial charge in [0.05, 0.1) is 16.5 Å². The zero-order chi connectivity index (χ0) is 30.3. The van der Waals surface area contributed by atoms with Gasteiger partial charge in [-0.25, -0.2) is 8.42 Å². The minimum Gasteiger partial charge on any atom is -0.488 e. The summed E-state index contributed by atoms with van der Waals surface area (Å²) in [4.78, 5) is 11.6. The maximum absolute atomic E-state index is 12.0. The van der Waals surface area contributed by atoms with E-state index >= 15 is 0 Å². The fraction of sp³-hybridized carbons (Fsp3) is 0.194. The number of aliphatic carboxylic acids is 1. The molecule has 0 aliphatic rings. The van der Waals surface area contributed by atoms with Crippen molar-refractivity contribution in [3.8, 4) is 22.6 Å². The number of benzene rings is 4. The molecular weight excluding hydrogens is 646 g/mol. The van der Waals surface area contributed by atoms with Gasteiger partial charge in [-0.15, -0.1) is 0 Å². The van der Waals surface area contributed by atoms with Gasteiger partial charge in [0, 0.05) is 34.5 Å². The van der Waals surface area contributed by atoms with Crippen LogP contribution in [0.15, 0.2) is 94.3 Å². The summed E-state index contributed by atoms with van der Waals surface area (Å²) < 4.78 is 37.1. The summed E-state index contributed by atoms with van der Waals surface area (Å²) in [7, 11) is -3.40. The minimum atomic E-state index is -3.40. The largest absolute Gasteiger partial charge is 0.488 e. The first kappa shape index (κ1) is 31.5. The second kappa shape index (κ2) is 14.2. The lowest BCUT2D eigenvalue weighted by molar-refractivity contribution is -0.140. The first-order valence-electron chi connectivity index (χ1n) is 12.8. The molecule has 0 radical (unpaired) electrons. The number of aliphatic hydroxyl groups excluding tert-OH is 1. The molecule has 0 fully saturated rings. The third-order valence-electron chi connectivity index (χ3n) is 6.40. The highest BCUT2D eigenvalue weighted by atomic mass is 79.9. The summed E-state index contributed by atoms with van der Waals surface area (Å²) in [5, 5.41) is 21.8. The van der Waals surface area contributed by atoms with Crippen molar-refractivity contribution < 1.29 is 32.9 Å². The maximum Gasteiger partial charge on any atom is 0.323 e. The normalized spacial score (nSPS) is 12.1. The van der Waals surface area contributed by atoms with E-state index < -0.39 is 28.5 Å². The number of aliphatic hydroxyl groups is 1. The molecule has 0 bridgehead atoms. The van der Waals surface area contributed by atoms with E-state index in [2.05, 4.69) is 21.2 Å². The lowest BCUT2D eigenvalue weighted by atomic mass is 10.0. The Kier molecular flexibility index (Phi) is 10.6. The number of nitrogens with one attached hydrogen (secondary N) is 1. The number of ether oxygens (including phenoxy) is 2. The van der Waals surface area contributed by atoms with Gasteiger partial charge in [0.15, 0.2) is 9.84 Å². The lowest BCUT2D eigenvalue weighted by Gasteiger charge is -2.18. The Labute approximate surface area is 257 Å². The van der Waals surface area contributed by atoms with Crippen LogP contribution in [0, 0.1) is 0 Å². The average Bonchev–Trinajstić information content (AvgIpc) is 2.97. The topological polar surface area (TPSA) is 122 Å². The van der Waals surface area contributed by atoms with Crippen LogP contribution in [-0.4, -0.2) is 43.5 Å². The van der Waals surface area contributed by atoms with Crippen LogP contribution in [0.3, 0.4) is 0 Å². The third-order valence-corrected chi connectivity index (χ3v) is 8.74. The van der Waals surface area contributed by atoms with E-state index in [-0.39, 0.29) is 29.7 Å². The lowest BCUT2D eigenvalue weighted by Crippen LogP contribution is -2.39. The van der Waals surface area contributed by atoms with Gasteiger partial charge in [-0.2, -0.15) is 0 Å². The molecule has 0 unspecified atom stereocenters. The van der Waals surface area contributed by atoms with Gasteiger partial charge in [-0.1, -0.05) is 72.3 Å². The van der Waals surface area contributed by atoms with E-state index in [1.807, 2.05) is 48.5 Å². The van der Waals surface area contributed by atoms with Gasteiger partial charge in [-0.05, 0) is 50.8 Å². The van der Waals surface area contributed by atoms with Gasteiger partial charge < -0.3 is 19.7 Å². The molecule has 8 nitrogen and oxygen atoms in total. The highest BCUT2D eigenvalue weighted by molar-refractivity contribution is 9.10. The van der Waals surface area contributed by atoms with Crippen LogP contribution >= 0.6 is 27.5 Å². The molecule has 4 aromatic rings. The van der Waals surface area contributed by atoms with E-state index in [9.17, 15) is 23.4 Å². The van der Waals surface area contributed by atoms with Gasteiger partial charge >= 0.3 is 5.97 Å². The van der Waals surface area contributed by atoms with Crippen LogP contribution in [0.4, 0.5) is 0 Å². The molecule has 42 heavy (non-hydrogen) atoms. The van der Waals surface area contributed by atoms with Crippen LogP contribution in [0.25, 0.3) is 11.1 Å². The standard InChI is InChI=1S/C31H29BrClNO7S/c1-42(38,39)24-11-5-7-20(13-24)18-40-28-15-29(26(33)14-23(28)16-34-27(17-35)31(36)37)41-19-22-10-6-12-25(30(22)32)21-8-3-2-4-9-21/h2-15,27,34-35H,16-19H2,1H3,(H,36,37)/t27-/m0/s1. The van der Waals surface area contributed by atoms with Crippen molar-refractivity contribution in [1.82, 2.24) is 5.32 Å². The van der Waals surface area contributed by atoms with Crippen LogP contribution in [0.2, 0.25) is 5.02 Å². The van der Waals surface area contributed by atoms with Gasteiger partial charge in [0.2, 0.25) is 0 Å². The molecule has 4 aromatic carbocycles. The average molecular weight is 675 g/mol. The Bertz CT molecular complexity index is 1670. The van der Waals surface area contributed by atoms with Crippen LogP contribution in [0.1, 0.15) is 16.7 Å². The third kappa shape index (κ3) is 8.11. The number of rotatable bonds is 13. The van der Waals surface area contributed by atoms with Crippen LogP contribution < -0.4 is 14.8 Å². The number of halogens is 2. The van der Waals surface area contributed by atoms with E-state index in [1.165, 1.54) is 12.1 Å². The van der Waals surface area contributed by atoms with Gasteiger partial charge in [-0.3, -0.25) is 10.1 Å². The summed E-state index contributed by atoms with van der Waals surface area (Å²) in [5.41, 5.74) is 4.11. The predicted octanol–water partition coefficient (Wildman–Crippen LogP) is 5.87. The maximum atomic E-state index is 12.0. The van der Waals surface area contributed by atoms with Crippen molar-refractivity contribution in [2.24, 2.45) is 0 Å². The molecule has 4 rings (SSSR count). The zero-order valence-electron chi connectivity index (χ0n) is 22.6. The molecule has 0 aliphatic heterocycles. The number of hydrogen-bond donors (Lipinski definition) is 3. The molecule has 0 amide bonds. The quantitative estimate of drug-likeness (QED) is 0.161. The van der Waals surface area contributed by atoms with E-state index in [0.717, 1.165) is 27.4 Å². The second-order valence-electron chi connectivity index (χ2n) is 9.49. The molecule has 0 saturated heterocycles. The number of hydrogen-bond acceptors (Lipinski definition) is 7. The number of carboxylic acids is 1. The zero-order valence-corrected chi connectivity index (χ0v) is 25.7. The summed E-state index contributed by atoms with van der Waals surface area (Å²) in [5.74, 6) is -0.507. The Morgan fingerprint density at radius 2 is 1.64 bits per heavy atom. The van der Waals surface area contributed by atoms with Crippen molar-refractivity contribution in [3.63, 3.8) is 0 Å². The summed E-state index contributed by atoms with van der Waals surface area (Å²) in [6.45, 7) is -0.346. The van der Waals surface area contributed by atoms with E-state index in [0.29, 0.717) is 22.6 Å². The van der Waals surface area contributed by atoms with Crippen LogP contribution in [0.5, 0.6) is 11.5 Å². The van der Waals surface area contributed by atoms with Crippen molar-refractivity contribution in [1.29, 1.82) is 0 Å². The SMILES string of the molecule is CS(=O)(=O)c1cccc(COc2cc(OCc3cccc(-c4ccccc4)c3Br)c(Cl)cc2CN[C@@H](CO)C(=O)O)c1. The van der Waals surface area contributed by atoms with Crippen LogP contribution in [-0.2, 0) is 34.4 Å². The first-order chi connectivity index (χ1) is 20.1. The number of carbonyl (C=O) groups is 1. The predicted molar refractivity (Wildman–Crippen MR) is 165 cm³/mol. The van der Waals surface area contributed by atoms with Crippen molar-refractivity contribution in [2.75, 3.05) is 12.9 Å². The van der Waals surface area contributed by atoms with Crippen molar-refractivity contribution >= 4 is 43.3 Å². The van der Waals surface area contributed by atoms with E-state index in [4.69, 9.17) is 21.1 Å². The highest BCUT2D eigenvalue weighted by Gasteiger charge is 2.19. The molecule has 3 N–H and O–H groups in total. The number of carboxylic acid groups (broad SMARTS) is 1. The second-order valence-corrected chi connectivity index (χ2v) is 12.7. The monoisotopic (exact) mass is 673 g/mol. The highest BCUT2D eigenvalue weighted by Crippen LogP contribution is 2.36. The fourth-order valence-corrected chi connectivity index (χ4v) is 5.68.